The maximum absolute atomic E-state index is 5.55. The van der Waals surface area contributed by atoms with E-state index >= 15 is 0 Å². The topological polar surface area (TPSA) is 65.1 Å². The third-order valence-electron chi connectivity index (χ3n) is 2.74. The molecule has 1 aromatic rings. The molecule has 1 aliphatic rings. The Hall–Kier alpha value is -1.07. The summed E-state index contributed by atoms with van der Waals surface area (Å²) in [7, 11) is 3.56. The van der Waals surface area contributed by atoms with Crippen LogP contribution in [0.1, 0.15) is 24.6 Å². The summed E-state index contributed by atoms with van der Waals surface area (Å²) in [5.74, 6) is 6.99. The zero-order chi connectivity index (χ0) is 10.1. The number of hydrogen-bond donors (Lipinski definition) is 2. The Morgan fingerprint density at radius 3 is 2.93 bits per heavy atom. The van der Waals surface area contributed by atoms with Gasteiger partial charge < -0.3 is 4.74 Å². The van der Waals surface area contributed by atoms with Crippen LogP contribution < -0.4 is 16.0 Å². The van der Waals surface area contributed by atoms with E-state index < -0.39 is 0 Å². The first kappa shape index (κ1) is 9.48. The summed E-state index contributed by atoms with van der Waals surface area (Å²) in [5, 5.41) is 4.16. The highest BCUT2D eigenvalue weighted by molar-refractivity contribution is 5.29. The van der Waals surface area contributed by atoms with E-state index in [1.807, 2.05) is 11.7 Å². The van der Waals surface area contributed by atoms with Gasteiger partial charge in [-0.2, -0.15) is 5.10 Å². The van der Waals surface area contributed by atoms with Crippen LogP contribution in [0.2, 0.25) is 0 Å². The zero-order valence-corrected chi connectivity index (χ0v) is 8.53. The van der Waals surface area contributed by atoms with Gasteiger partial charge in [0.15, 0.2) is 5.75 Å². The van der Waals surface area contributed by atoms with Crippen LogP contribution in [0.4, 0.5) is 0 Å². The van der Waals surface area contributed by atoms with Crippen molar-refractivity contribution >= 4 is 0 Å². The molecule has 1 saturated carbocycles. The lowest BCUT2D eigenvalue weighted by atomic mass is 10.1. The lowest BCUT2D eigenvalue weighted by Crippen LogP contribution is -2.31. The average Bonchev–Trinajstić information content (AvgIpc) is 2.95. The van der Waals surface area contributed by atoms with E-state index in [4.69, 9.17) is 10.6 Å². The minimum atomic E-state index is 0.164. The second-order valence-corrected chi connectivity index (χ2v) is 3.70. The fourth-order valence-corrected chi connectivity index (χ4v) is 1.81. The van der Waals surface area contributed by atoms with E-state index in [9.17, 15) is 0 Å². The summed E-state index contributed by atoms with van der Waals surface area (Å²) < 4.78 is 7.07. The molecule has 78 valence electrons. The first-order valence-corrected chi connectivity index (χ1v) is 4.80. The van der Waals surface area contributed by atoms with Gasteiger partial charge in [0.25, 0.3) is 0 Å². The number of nitrogens with one attached hydrogen (secondary N) is 1. The van der Waals surface area contributed by atoms with Crippen molar-refractivity contribution in [1.82, 2.24) is 15.2 Å². The molecule has 0 aromatic carbocycles. The van der Waals surface area contributed by atoms with E-state index in [0.29, 0.717) is 5.92 Å². The SMILES string of the molecule is COc1cnn(C)c1C(NN)C1CC1. The highest BCUT2D eigenvalue weighted by Crippen LogP contribution is 2.42. The molecule has 0 bridgehead atoms. The molecule has 1 fully saturated rings. The Bertz CT molecular complexity index is 319. The van der Waals surface area contributed by atoms with Crippen molar-refractivity contribution in [1.29, 1.82) is 0 Å². The number of ether oxygens (including phenoxy) is 1. The number of methoxy groups -OCH3 is 1. The van der Waals surface area contributed by atoms with Crippen LogP contribution in [0.25, 0.3) is 0 Å². The Labute approximate surface area is 83.2 Å². The van der Waals surface area contributed by atoms with E-state index in [1.54, 1.807) is 13.3 Å². The fraction of sp³-hybridized carbons (Fsp3) is 0.667. The van der Waals surface area contributed by atoms with Crippen LogP contribution in [0.5, 0.6) is 5.75 Å². The summed E-state index contributed by atoms with van der Waals surface area (Å²) in [4.78, 5) is 0. The van der Waals surface area contributed by atoms with Gasteiger partial charge in [-0.05, 0) is 18.8 Å². The third-order valence-corrected chi connectivity index (χ3v) is 2.74. The number of nitrogens with zero attached hydrogens (tertiary/aromatic N) is 2. The van der Waals surface area contributed by atoms with E-state index in [-0.39, 0.29) is 6.04 Å². The van der Waals surface area contributed by atoms with Crippen LogP contribution in [-0.2, 0) is 7.05 Å². The highest BCUT2D eigenvalue weighted by Gasteiger charge is 2.35. The van der Waals surface area contributed by atoms with Crippen molar-refractivity contribution in [2.45, 2.75) is 18.9 Å². The number of aryl methyl sites for hydroxylation is 1. The van der Waals surface area contributed by atoms with Gasteiger partial charge >= 0.3 is 0 Å². The Morgan fingerprint density at radius 1 is 1.71 bits per heavy atom. The van der Waals surface area contributed by atoms with Gasteiger partial charge in [0.05, 0.1) is 25.0 Å². The van der Waals surface area contributed by atoms with E-state index in [2.05, 4.69) is 10.5 Å². The van der Waals surface area contributed by atoms with Gasteiger partial charge in [-0.15, -0.1) is 0 Å². The molecular formula is C9H16N4O. The summed E-state index contributed by atoms with van der Waals surface area (Å²) in [6.45, 7) is 0. The van der Waals surface area contributed by atoms with E-state index in [1.165, 1.54) is 12.8 Å². The van der Waals surface area contributed by atoms with Crippen LogP contribution in [0.15, 0.2) is 6.20 Å². The number of hydrogen-bond acceptors (Lipinski definition) is 4. The van der Waals surface area contributed by atoms with Crippen LogP contribution in [0, 0.1) is 5.92 Å². The summed E-state index contributed by atoms with van der Waals surface area (Å²) in [6, 6.07) is 0.164. The van der Waals surface area contributed by atoms with E-state index in [0.717, 1.165) is 11.4 Å². The van der Waals surface area contributed by atoms with Gasteiger partial charge in [0, 0.05) is 7.05 Å². The van der Waals surface area contributed by atoms with Gasteiger partial charge in [-0.25, -0.2) is 0 Å². The molecule has 0 saturated heterocycles. The predicted octanol–water partition coefficient (Wildman–Crippen LogP) is 0.343. The van der Waals surface area contributed by atoms with Gasteiger partial charge in [-0.3, -0.25) is 16.0 Å². The second-order valence-electron chi connectivity index (χ2n) is 3.70. The van der Waals surface area contributed by atoms with Crippen molar-refractivity contribution in [2.24, 2.45) is 18.8 Å². The molecule has 5 nitrogen and oxygen atoms in total. The van der Waals surface area contributed by atoms with Crippen molar-refractivity contribution < 1.29 is 4.74 Å². The molecule has 0 amide bonds. The second kappa shape index (κ2) is 3.59. The molecule has 1 aliphatic carbocycles. The standard InChI is InChI=1S/C9H16N4O/c1-13-9(7(14-2)5-11-13)8(12-10)6-3-4-6/h5-6,8,12H,3-4,10H2,1-2H3. The zero-order valence-electron chi connectivity index (χ0n) is 8.53. The minimum absolute atomic E-state index is 0.164. The Kier molecular flexibility index (Phi) is 2.43. The molecule has 1 unspecified atom stereocenters. The van der Waals surface area contributed by atoms with Crippen LogP contribution in [0.3, 0.4) is 0 Å². The summed E-state index contributed by atoms with van der Waals surface area (Å²) in [5.41, 5.74) is 3.88. The minimum Gasteiger partial charge on any atom is -0.493 e. The molecule has 1 heterocycles. The molecular weight excluding hydrogens is 180 g/mol. The maximum Gasteiger partial charge on any atom is 0.161 e. The monoisotopic (exact) mass is 196 g/mol. The van der Waals surface area contributed by atoms with Crippen molar-refractivity contribution in [3.63, 3.8) is 0 Å². The molecule has 0 radical (unpaired) electrons. The predicted molar refractivity (Wildman–Crippen MR) is 52.5 cm³/mol. The van der Waals surface area contributed by atoms with Crippen molar-refractivity contribution in [3.8, 4) is 5.75 Å². The number of hydrazine groups is 1. The Balaban J connectivity index is 2.30. The van der Waals surface area contributed by atoms with Gasteiger partial charge in [0.2, 0.25) is 0 Å². The lowest BCUT2D eigenvalue weighted by Gasteiger charge is -2.16. The van der Waals surface area contributed by atoms with Crippen molar-refractivity contribution in [2.75, 3.05) is 7.11 Å². The first-order chi connectivity index (χ1) is 6.77. The third kappa shape index (κ3) is 1.49. The highest BCUT2D eigenvalue weighted by atomic mass is 16.5. The summed E-state index contributed by atoms with van der Waals surface area (Å²) >= 11 is 0. The quantitative estimate of drug-likeness (QED) is 0.538. The largest absolute Gasteiger partial charge is 0.493 e. The van der Waals surface area contributed by atoms with Gasteiger partial charge in [0.1, 0.15) is 0 Å². The molecule has 5 heteroatoms. The normalized spacial score (nSPS) is 18.2. The molecule has 1 aromatic heterocycles. The van der Waals surface area contributed by atoms with Crippen LogP contribution >= 0.6 is 0 Å². The number of aromatic nitrogens is 2. The van der Waals surface area contributed by atoms with Crippen molar-refractivity contribution in [3.05, 3.63) is 11.9 Å². The molecule has 1 atom stereocenters. The van der Waals surface area contributed by atoms with Gasteiger partial charge in [-0.1, -0.05) is 0 Å². The molecule has 0 spiro atoms. The number of nitrogens with two attached hydrogens (primary N) is 1. The molecule has 0 aliphatic heterocycles. The average molecular weight is 196 g/mol. The fourth-order valence-electron chi connectivity index (χ4n) is 1.81. The molecule has 2 rings (SSSR count). The maximum atomic E-state index is 5.55. The molecule has 3 N–H and O–H groups in total. The number of rotatable bonds is 4. The smallest absolute Gasteiger partial charge is 0.161 e. The first-order valence-electron chi connectivity index (χ1n) is 4.80. The van der Waals surface area contributed by atoms with Crippen LogP contribution in [-0.4, -0.2) is 16.9 Å². The molecule has 14 heavy (non-hydrogen) atoms. The lowest BCUT2D eigenvalue weighted by molar-refractivity contribution is 0.385. The summed E-state index contributed by atoms with van der Waals surface area (Å²) in [6.07, 6.45) is 4.18. The Morgan fingerprint density at radius 2 is 2.43 bits per heavy atom.